The van der Waals surface area contributed by atoms with Gasteiger partial charge >= 0.3 is 0 Å². The smallest absolute Gasteiger partial charge is 0.145 e. The summed E-state index contributed by atoms with van der Waals surface area (Å²) in [6, 6.07) is 11.6. The maximum atomic E-state index is 6.05. The van der Waals surface area contributed by atoms with E-state index in [-0.39, 0.29) is 6.04 Å². The standard InChI is InChI=1S/C14H16N2O/c1-2-13(15)12-7-3-4-8-14(12)17-11-6-5-9-16-10-11/h3-10,13H,2,15H2,1H3/t13-/m0/s1. The van der Waals surface area contributed by atoms with Gasteiger partial charge in [0, 0.05) is 17.8 Å². The van der Waals surface area contributed by atoms with Gasteiger partial charge in [0.05, 0.1) is 6.20 Å². The SMILES string of the molecule is CC[C@H](N)c1ccccc1Oc1cccnc1. The second kappa shape index (κ2) is 5.46. The van der Waals surface area contributed by atoms with E-state index in [4.69, 9.17) is 10.5 Å². The molecule has 88 valence electrons. The van der Waals surface area contributed by atoms with Gasteiger partial charge in [0.1, 0.15) is 11.5 Å². The molecule has 1 aromatic carbocycles. The zero-order valence-electron chi connectivity index (χ0n) is 9.84. The van der Waals surface area contributed by atoms with Gasteiger partial charge in [0.25, 0.3) is 0 Å². The van der Waals surface area contributed by atoms with Crippen LogP contribution in [0.2, 0.25) is 0 Å². The number of aromatic nitrogens is 1. The fourth-order valence-corrected chi connectivity index (χ4v) is 1.63. The lowest BCUT2D eigenvalue weighted by molar-refractivity contribution is 0.466. The average molecular weight is 228 g/mol. The summed E-state index contributed by atoms with van der Waals surface area (Å²) in [5.41, 5.74) is 7.08. The first kappa shape index (κ1) is 11.6. The van der Waals surface area contributed by atoms with E-state index in [0.29, 0.717) is 0 Å². The first-order valence-electron chi connectivity index (χ1n) is 5.73. The number of hydrogen-bond donors (Lipinski definition) is 1. The third-order valence-corrected chi connectivity index (χ3v) is 2.62. The summed E-state index contributed by atoms with van der Waals surface area (Å²) in [5.74, 6) is 1.53. The molecule has 0 spiro atoms. The summed E-state index contributed by atoms with van der Waals surface area (Å²) in [5, 5.41) is 0. The van der Waals surface area contributed by atoms with Gasteiger partial charge in [-0.15, -0.1) is 0 Å². The number of ether oxygens (including phenoxy) is 1. The van der Waals surface area contributed by atoms with Crippen LogP contribution < -0.4 is 10.5 Å². The van der Waals surface area contributed by atoms with E-state index < -0.39 is 0 Å². The second-order valence-electron chi connectivity index (χ2n) is 3.84. The number of benzene rings is 1. The molecule has 0 aliphatic rings. The Morgan fingerprint density at radius 1 is 1.24 bits per heavy atom. The molecule has 1 atom stereocenters. The van der Waals surface area contributed by atoms with E-state index in [1.807, 2.05) is 36.4 Å². The number of hydrogen-bond acceptors (Lipinski definition) is 3. The molecule has 0 bridgehead atoms. The van der Waals surface area contributed by atoms with Crippen molar-refractivity contribution >= 4 is 0 Å². The predicted octanol–water partition coefficient (Wildman–Crippen LogP) is 3.28. The van der Waals surface area contributed by atoms with Crippen LogP contribution in [-0.4, -0.2) is 4.98 Å². The number of nitrogens with two attached hydrogens (primary N) is 1. The van der Waals surface area contributed by atoms with Crippen molar-refractivity contribution in [3.63, 3.8) is 0 Å². The fourth-order valence-electron chi connectivity index (χ4n) is 1.63. The Hall–Kier alpha value is -1.87. The lowest BCUT2D eigenvalue weighted by Gasteiger charge is -2.15. The molecule has 0 saturated heterocycles. The summed E-state index contributed by atoms with van der Waals surface area (Å²) in [7, 11) is 0. The fraction of sp³-hybridized carbons (Fsp3) is 0.214. The molecule has 2 aromatic rings. The zero-order chi connectivity index (χ0) is 12.1. The molecular formula is C14H16N2O. The van der Waals surface area contributed by atoms with Crippen molar-refractivity contribution in [3.8, 4) is 11.5 Å². The maximum Gasteiger partial charge on any atom is 0.145 e. The number of rotatable bonds is 4. The molecule has 3 nitrogen and oxygen atoms in total. The van der Waals surface area contributed by atoms with E-state index in [0.717, 1.165) is 23.5 Å². The molecule has 3 heteroatoms. The Morgan fingerprint density at radius 2 is 2.06 bits per heavy atom. The van der Waals surface area contributed by atoms with Crippen molar-refractivity contribution in [1.29, 1.82) is 0 Å². The van der Waals surface area contributed by atoms with Gasteiger partial charge in [-0.1, -0.05) is 25.1 Å². The minimum absolute atomic E-state index is 0.00266. The molecule has 0 aliphatic carbocycles. The first-order valence-corrected chi connectivity index (χ1v) is 5.73. The highest BCUT2D eigenvalue weighted by Gasteiger charge is 2.10. The van der Waals surface area contributed by atoms with Crippen molar-refractivity contribution in [2.75, 3.05) is 0 Å². The molecule has 2 N–H and O–H groups in total. The first-order chi connectivity index (χ1) is 8.31. The van der Waals surface area contributed by atoms with Gasteiger partial charge in [-0.2, -0.15) is 0 Å². The summed E-state index contributed by atoms with van der Waals surface area (Å²) >= 11 is 0. The van der Waals surface area contributed by atoms with Crippen LogP contribution in [0.4, 0.5) is 0 Å². The predicted molar refractivity (Wildman–Crippen MR) is 68.0 cm³/mol. The molecule has 0 radical (unpaired) electrons. The van der Waals surface area contributed by atoms with E-state index in [2.05, 4.69) is 11.9 Å². The molecule has 1 aromatic heterocycles. The second-order valence-corrected chi connectivity index (χ2v) is 3.84. The molecule has 0 aliphatic heterocycles. The quantitative estimate of drug-likeness (QED) is 0.873. The Morgan fingerprint density at radius 3 is 2.76 bits per heavy atom. The third kappa shape index (κ3) is 2.82. The Bertz CT molecular complexity index is 471. The Labute approximate surface area is 101 Å². The summed E-state index contributed by atoms with van der Waals surface area (Å²) in [4.78, 5) is 4.02. The lowest BCUT2D eigenvalue weighted by Crippen LogP contribution is -2.09. The summed E-state index contributed by atoms with van der Waals surface area (Å²) in [6.45, 7) is 2.06. The van der Waals surface area contributed by atoms with Crippen molar-refractivity contribution in [3.05, 3.63) is 54.4 Å². The van der Waals surface area contributed by atoms with Crippen LogP contribution >= 0.6 is 0 Å². The van der Waals surface area contributed by atoms with E-state index in [1.54, 1.807) is 12.4 Å². The average Bonchev–Trinajstić information content (AvgIpc) is 2.40. The molecule has 0 fully saturated rings. The van der Waals surface area contributed by atoms with Gasteiger partial charge in [0.15, 0.2) is 0 Å². The number of para-hydroxylation sites is 1. The minimum Gasteiger partial charge on any atom is -0.455 e. The van der Waals surface area contributed by atoms with Gasteiger partial charge < -0.3 is 10.5 Å². The van der Waals surface area contributed by atoms with Crippen LogP contribution in [0.5, 0.6) is 11.5 Å². The number of nitrogens with zero attached hydrogens (tertiary/aromatic N) is 1. The summed E-state index contributed by atoms with van der Waals surface area (Å²) < 4.78 is 5.79. The third-order valence-electron chi connectivity index (χ3n) is 2.62. The van der Waals surface area contributed by atoms with Crippen molar-refractivity contribution < 1.29 is 4.74 Å². The molecule has 2 rings (SSSR count). The van der Waals surface area contributed by atoms with Crippen LogP contribution in [0.15, 0.2) is 48.8 Å². The molecule has 0 amide bonds. The van der Waals surface area contributed by atoms with E-state index in [9.17, 15) is 0 Å². The van der Waals surface area contributed by atoms with Crippen molar-refractivity contribution in [2.24, 2.45) is 5.73 Å². The lowest BCUT2D eigenvalue weighted by atomic mass is 10.0. The van der Waals surface area contributed by atoms with Crippen LogP contribution in [-0.2, 0) is 0 Å². The van der Waals surface area contributed by atoms with Gasteiger partial charge in [-0.25, -0.2) is 0 Å². The van der Waals surface area contributed by atoms with Crippen LogP contribution in [0.1, 0.15) is 24.9 Å². The van der Waals surface area contributed by atoms with Gasteiger partial charge in [-0.3, -0.25) is 4.98 Å². The zero-order valence-corrected chi connectivity index (χ0v) is 9.84. The number of pyridine rings is 1. The van der Waals surface area contributed by atoms with Gasteiger partial charge in [-0.05, 0) is 24.6 Å². The van der Waals surface area contributed by atoms with E-state index >= 15 is 0 Å². The molecule has 1 heterocycles. The minimum atomic E-state index is 0.00266. The van der Waals surface area contributed by atoms with Crippen molar-refractivity contribution in [2.45, 2.75) is 19.4 Å². The molecule has 0 saturated carbocycles. The van der Waals surface area contributed by atoms with Crippen LogP contribution in [0, 0.1) is 0 Å². The highest BCUT2D eigenvalue weighted by molar-refractivity contribution is 5.38. The monoisotopic (exact) mass is 228 g/mol. The van der Waals surface area contributed by atoms with Crippen molar-refractivity contribution in [1.82, 2.24) is 4.98 Å². The largest absolute Gasteiger partial charge is 0.455 e. The maximum absolute atomic E-state index is 6.05. The molecule has 0 unspecified atom stereocenters. The molecule has 17 heavy (non-hydrogen) atoms. The highest BCUT2D eigenvalue weighted by atomic mass is 16.5. The molecular weight excluding hydrogens is 212 g/mol. The topological polar surface area (TPSA) is 48.1 Å². The highest BCUT2D eigenvalue weighted by Crippen LogP contribution is 2.29. The van der Waals surface area contributed by atoms with Gasteiger partial charge in [0.2, 0.25) is 0 Å². The van der Waals surface area contributed by atoms with Crippen LogP contribution in [0.3, 0.4) is 0 Å². The van der Waals surface area contributed by atoms with Crippen LogP contribution in [0.25, 0.3) is 0 Å². The van der Waals surface area contributed by atoms with E-state index in [1.165, 1.54) is 0 Å². The summed E-state index contributed by atoms with van der Waals surface area (Å²) in [6.07, 6.45) is 4.29. The Balaban J connectivity index is 2.27. The Kier molecular flexibility index (Phi) is 3.73. The normalized spacial score (nSPS) is 12.1.